The van der Waals surface area contributed by atoms with Crippen LogP contribution in [-0.4, -0.2) is 82.6 Å². The van der Waals surface area contributed by atoms with Crippen molar-refractivity contribution in [2.24, 2.45) is 0 Å². The summed E-state index contributed by atoms with van der Waals surface area (Å²) in [6, 6.07) is 0. The van der Waals surface area contributed by atoms with Crippen molar-refractivity contribution < 1.29 is 66.3 Å². The molecule has 0 saturated carbocycles. The molecule has 0 radical (unpaired) electrons. The van der Waals surface area contributed by atoms with E-state index in [2.05, 4.69) is 71.5 Å². The molecule has 1 fully saturated rings. The molecule has 0 bridgehead atoms. The van der Waals surface area contributed by atoms with Gasteiger partial charge in [-0.2, -0.15) is 0 Å². The predicted octanol–water partition coefficient (Wildman–Crippen LogP) is 10.2. The Balaban J connectivity index is 2.41. The van der Waals surface area contributed by atoms with Crippen molar-refractivity contribution in [3.05, 3.63) is 60.8 Å². The summed E-state index contributed by atoms with van der Waals surface area (Å²) in [4.78, 5) is 52.7. The Labute approximate surface area is 359 Å². The Kier molecular flexibility index (Phi) is 33.7. The van der Waals surface area contributed by atoms with Crippen molar-refractivity contribution in [1.82, 2.24) is 0 Å². The molecule has 1 rings (SSSR count). The lowest BCUT2D eigenvalue weighted by Crippen LogP contribution is -2.29. The van der Waals surface area contributed by atoms with E-state index < -0.39 is 66.2 Å². The van der Waals surface area contributed by atoms with Gasteiger partial charge in [-0.25, -0.2) is 9.13 Å². The first kappa shape index (κ1) is 55.8. The molecule has 1 saturated heterocycles. The molecule has 0 spiro atoms. The van der Waals surface area contributed by atoms with Crippen LogP contribution in [0.1, 0.15) is 155 Å². The van der Waals surface area contributed by atoms with Crippen LogP contribution in [0.3, 0.4) is 0 Å². The minimum atomic E-state index is -4.87. The van der Waals surface area contributed by atoms with Gasteiger partial charge in [-0.05, 0) is 83.5 Å². The number of epoxide rings is 1. The van der Waals surface area contributed by atoms with Crippen LogP contribution in [0.25, 0.3) is 0 Å². The first-order valence-corrected chi connectivity index (χ1v) is 25.1. The molecule has 14 nitrogen and oxygen atoms in total. The average molecular weight is 891 g/mol. The highest BCUT2D eigenvalue weighted by molar-refractivity contribution is 7.47. The first-order valence-electron chi connectivity index (χ1n) is 22.1. The number of phosphoric acid groups is 2. The molecule has 0 amide bonds. The molecule has 1 heterocycles. The van der Waals surface area contributed by atoms with E-state index in [0.29, 0.717) is 25.4 Å². The fourth-order valence-corrected chi connectivity index (χ4v) is 6.92. The van der Waals surface area contributed by atoms with E-state index in [1.807, 2.05) is 12.2 Å². The van der Waals surface area contributed by atoms with Gasteiger partial charge in [-0.15, -0.1) is 0 Å². The quantitative estimate of drug-likeness (QED) is 0.0148. The van der Waals surface area contributed by atoms with E-state index in [9.17, 15) is 28.7 Å². The molecule has 0 aliphatic carbocycles. The van der Waals surface area contributed by atoms with Crippen molar-refractivity contribution in [3.63, 3.8) is 0 Å². The molecule has 5 atom stereocenters. The van der Waals surface area contributed by atoms with Gasteiger partial charge < -0.3 is 34.0 Å². The number of hydrogen-bond acceptors (Lipinski definition) is 11. The molecule has 3 unspecified atom stereocenters. The highest BCUT2D eigenvalue weighted by Crippen LogP contribution is 2.44. The summed E-state index contributed by atoms with van der Waals surface area (Å²) in [5.41, 5.74) is 0. The van der Waals surface area contributed by atoms with Gasteiger partial charge in [0.15, 0.2) is 6.10 Å². The summed E-state index contributed by atoms with van der Waals surface area (Å²) in [6.07, 6.45) is 39.6. The molecule has 16 heteroatoms. The van der Waals surface area contributed by atoms with Crippen LogP contribution in [0, 0.1) is 0 Å². The lowest BCUT2D eigenvalue weighted by atomic mass is 10.1. The topological polar surface area (TPSA) is 208 Å². The second-order valence-corrected chi connectivity index (χ2v) is 17.7. The smallest absolute Gasteiger partial charge is 0.462 e. The van der Waals surface area contributed by atoms with Gasteiger partial charge in [0.2, 0.25) is 0 Å². The Morgan fingerprint density at radius 3 is 1.63 bits per heavy atom. The Bertz CT molecular complexity index is 1360. The molecule has 0 aromatic carbocycles. The molecule has 1 aliphatic rings. The van der Waals surface area contributed by atoms with E-state index in [1.54, 1.807) is 0 Å². The summed E-state index contributed by atoms with van der Waals surface area (Å²) >= 11 is 0. The van der Waals surface area contributed by atoms with Crippen LogP contribution in [-0.2, 0) is 46.5 Å². The zero-order chi connectivity index (χ0) is 44.2. The number of esters is 2. The zero-order valence-electron chi connectivity index (χ0n) is 36.2. The molecule has 346 valence electrons. The van der Waals surface area contributed by atoms with Gasteiger partial charge in [0.25, 0.3) is 0 Å². The number of phosphoric ester groups is 2. The van der Waals surface area contributed by atoms with Crippen LogP contribution >= 0.6 is 15.6 Å². The highest BCUT2D eigenvalue weighted by atomic mass is 31.2. The molecular weight excluding hydrogens is 814 g/mol. The minimum absolute atomic E-state index is 0.0447. The number of aliphatic hydroxyl groups is 1. The number of allylic oxidation sites excluding steroid dienone is 8. The van der Waals surface area contributed by atoms with Crippen LogP contribution in [0.5, 0.6) is 0 Å². The van der Waals surface area contributed by atoms with Gasteiger partial charge in [0.1, 0.15) is 12.7 Å². The lowest BCUT2D eigenvalue weighted by molar-refractivity contribution is -0.161. The van der Waals surface area contributed by atoms with Crippen molar-refractivity contribution in [2.75, 3.05) is 26.4 Å². The van der Waals surface area contributed by atoms with Crippen LogP contribution in [0.15, 0.2) is 60.8 Å². The van der Waals surface area contributed by atoms with Crippen LogP contribution in [0.2, 0.25) is 0 Å². The summed E-state index contributed by atoms with van der Waals surface area (Å²) < 4.78 is 53.5. The van der Waals surface area contributed by atoms with Crippen molar-refractivity contribution in [3.8, 4) is 0 Å². The van der Waals surface area contributed by atoms with Gasteiger partial charge in [-0.1, -0.05) is 120 Å². The number of hydrogen-bond donors (Lipinski definition) is 4. The highest BCUT2D eigenvalue weighted by Gasteiger charge is 2.36. The molecule has 4 N–H and O–H groups in total. The number of ether oxygens (including phenoxy) is 3. The van der Waals surface area contributed by atoms with Crippen molar-refractivity contribution in [1.29, 1.82) is 0 Å². The predicted molar refractivity (Wildman–Crippen MR) is 234 cm³/mol. The summed E-state index contributed by atoms with van der Waals surface area (Å²) in [5.74, 6) is -1.12. The van der Waals surface area contributed by atoms with Gasteiger partial charge in [0, 0.05) is 12.8 Å². The average Bonchev–Trinajstić information content (AvgIpc) is 3.96. The number of rotatable bonds is 40. The van der Waals surface area contributed by atoms with Crippen molar-refractivity contribution in [2.45, 2.75) is 180 Å². The number of carbonyl (C=O) groups is 2. The maximum Gasteiger partial charge on any atom is 0.472 e. The SMILES string of the molecule is CCCCC/C=C\C/C=C\CCCCCCCC(=O)OC[C@H](COP(=O)(O)OC[C@@H](O)COP(=O)(O)O)OC(=O)CCC/C=C\C/C=C\CC1OC1C/C=C\CCCCC. The van der Waals surface area contributed by atoms with E-state index in [0.717, 1.165) is 70.6 Å². The van der Waals surface area contributed by atoms with E-state index in [-0.39, 0.29) is 18.9 Å². The minimum Gasteiger partial charge on any atom is -0.462 e. The van der Waals surface area contributed by atoms with Gasteiger partial charge in [-0.3, -0.25) is 23.2 Å². The zero-order valence-corrected chi connectivity index (χ0v) is 38.0. The maximum absolute atomic E-state index is 12.7. The number of unbranched alkanes of at least 4 members (excludes halogenated alkanes) is 12. The monoisotopic (exact) mass is 890 g/mol. The maximum atomic E-state index is 12.7. The van der Waals surface area contributed by atoms with E-state index in [1.165, 1.54) is 38.5 Å². The fourth-order valence-electron chi connectivity index (χ4n) is 5.76. The third kappa shape index (κ3) is 36.4. The third-order valence-corrected chi connectivity index (χ3v) is 10.7. The number of carbonyl (C=O) groups excluding carboxylic acids is 2. The molecule has 60 heavy (non-hydrogen) atoms. The summed E-state index contributed by atoms with van der Waals surface area (Å²) in [7, 11) is -9.71. The summed E-state index contributed by atoms with van der Waals surface area (Å²) in [5, 5.41) is 9.75. The first-order chi connectivity index (χ1) is 28.8. The Morgan fingerprint density at radius 2 is 1.03 bits per heavy atom. The van der Waals surface area contributed by atoms with Gasteiger partial charge >= 0.3 is 27.6 Å². The molecule has 1 aliphatic heterocycles. The molecular formula is C44H76O14P2. The van der Waals surface area contributed by atoms with E-state index >= 15 is 0 Å². The third-order valence-electron chi connectivity index (χ3n) is 9.27. The molecule has 0 aromatic heterocycles. The molecule has 0 aromatic rings. The largest absolute Gasteiger partial charge is 0.472 e. The van der Waals surface area contributed by atoms with Gasteiger partial charge in [0.05, 0.1) is 32.0 Å². The lowest BCUT2D eigenvalue weighted by Gasteiger charge is -2.20. The van der Waals surface area contributed by atoms with Crippen LogP contribution < -0.4 is 0 Å². The Hall–Kier alpha value is -2.22. The second kappa shape index (κ2) is 36.3. The van der Waals surface area contributed by atoms with Crippen LogP contribution in [0.4, 0.5) is 0 Å². The van der Waals surface area contributed by atoms with Crippen molar-refractivity contribution >= 4 is 27.6 Å². The van der Waals surface area contributed by atoms with E-state index in [4.69, 9.17) is 28.5 Å². The number of aliphatic hydroxyl groups excluding tert-OH is 1. The Morgan fingerprint density at radius 1 is 0.567 bits per heavy atom. The summed E-state index contributed by atoms with van der Waals surface area (Å²) in [6.45, 7) is 1.61. The standard InChI is InChI=1S/C44H76O14P2/c1-3-5-7-9-11-12-13-14-15-16-17-18-21-25-29-33-43(46)53-37-40(38-56-60(51,52)55-36-39(45)35-54-59(48,49)50)57-44(47)34-30-26-22-19-20-24-28-32-42-41(58-42)31-27-23-10-8-6-4-2/h11-12,14-15,19,22-24,27-28,39-42,45H,3-10,13,16-18,20-21,25-26,29-38H2,1-2H3,(H,51,52)(H2,48,49,50)/b12-11-,15-14-,22-19-,27-23-,28-24-/t39-,40+,41?,42?/m0/s1. The normalized spacial score (nSPS) is 18.0. The second-order valence-electron chi connectivity index (χ2n) is 15.0. The fraction of sp³-hybridized carbons (Fsp3) is 0.727.